The van der Waals surface area contributed by atoms with Crippen molar-refractivity contribution < 1.29 is 28.7 Å². The van der Waals surface area contributed by atoms with Gasteiger partial charge < -0.3 is 24.5 Å². The second-order valence-corrected chi connectivity index (χ2v) is 16.0. The number of carboxylic acids is 1. The van der Waals surface area contributed by atoms with Crippen molar-refractivity contribution in [3.63, 3.8) is 0 Å². The van der Waals surface area contributed by atoms with E-state index in [-0.39, 0.29) is 29.5 Å². The van der Waals surface area contributed by atoms with Crippen LogP contribution < -0.4 is 5.32 Å². The van der Waals surface area contributed by atoms with Crippen LogP contribution in [0.3, 0.4) is 0 Å². The van der Waals surface area contributed by atoms with Gasteiger partial charge in [0.05, 0.1) is 18.8 Å². The number of likely N-dealkylation sites (tertiary alicyclic amines) is 1. The molecule has 1 aliphatic rings. The van der Waals surface area contributed by atoms with Crippen LogP contribution in [0, 0.1) is 0 Å². The number of nitrogens with one attached hydrogen (secondary N) is 1. The average Bonchev–Trinajstić information content (AvgIpc) is 3.19. The minimum absolute atomic E-state index is 0.0232. The number of carboxylic acid groups (broad SMARTS) is 1. The Hall–Kier alpha value is -2.47. The van der Waals surface area contributed by atoms with E-state index in [1.54, 1.807) is 9.58 Å². The van der Waals surface area contributed by atoms with Crippen molar-refractivity contribution in [1.29, 1.82) is 0 Å². The summed E-state index contributed by atoms with van der Waals surface area (Å²) < 4.78 is 13.0. The summed E-state index contributed by atoms with van der Waals surface area (Å²) in [4.78, 5) is 38.2. The van der Waals surface area contributed by atoms with Crippen LogP contribution in [-0.4, -0.2) is 82.6 Å². The van der Waals surface area contributed by atoms with Crippen molar-refractivity contribution in [2.24, 2.45) is 0 Å². The number of nitrogens with zero attached hydrogens (tertiary/aromatic N) is 4. The zero-order valence-electron chi connectivity index (χ0n) is 21.5. The van der Waals surface area contributed by atoms with Gasteiger partial charge in [-0.15, -0.1) is 5.10 Å². The fourth-order valence-corrected chi connectivity index (χ4v) is 4.13. The number of aromatic nitrogens is 3. The Balaban J connectivity index is 1.94. The van der Waals surface area contributed by atoms with E-state index in [1.807, 2.05) is 33.9 Å². The summed E-state index contributed by atoms with van der Waals surface area (Å²) in [6.45, 7) is 16.6. The minimum Gasteiger partial charge on any atom is -0.480 e. The zero-order valence-corrected chi connectivity index (χ0v) is 22.5. The van der Waals surface area contributed by atoms with E-state index in [4.69, 9.17) is 9.16 Å². The van der Waals surface area contributed by atoms with Crippen LogP contribution in [0.15, 0.2) is 6.20 Å². The van der Waals surface area contributed by atoms with Gasteiger partial charge in [0.1, 0.15) is 11.6 Å². The molecule has 192 valence electrons. The standard InChI is InChI=1S/C22H39N5O6Si/c1-21(2,3)33-20(31)26-11-9-15(10-12-26)27-13-16(24-25-27)18(28)23-17(19(29)30)14-32-34(7,8)22(4,5)6/h13,15,17H,9-12,14H2,1-8H3,(H,23,28)(H,29,30)/t17-/m0/s1. The minimum atomic E-state index is -2.17. The predicted octanol–water partition coefficient (Wildman–Crippen LogP) is 3.05. The first-order chi connectivity index (χ1) is 15.5. The molecule has 0 aromatic carbocycles. The molecule has 1 saturated heterocycles. The maximum atomic E-state index is 12.6. The predicted molar refractivity (Wildman–Crippen MR) is 128 cm³/mol. The molecule has 0 spiro atoms. The molecular weight excluding hydrogens is 458 g/mol. The maximum absolute atomic E-state index is 12.6. The summed E-state index contributed by atoms with van der Waals surface area (Å²) in [6.07, 6.45) is 2.45. The third kappa shape index (κ3) is 7.52. The smallest absolute Gasteiger partial charge is 0.410 e. The van der Waals surface area contributed by atoms with Crippen molar-refractivity contribution in [1.82, 2.24) is 25.2 Å². The van der Waals surface area contributed by atoms with E-state index in [1.165, 1.54) is 6.20 Å². The summed E-state index contributed by atoms with van der Waals surface area (Å²) >= 11 is 0. The second-order valence-electron chi connectivity index (χ2n) is 11.2. The topological polar surface area (TPSA) is 136 Å². The van der Waals surface area contributed by atoms with Gasteiger partial charge in [-0.2, -0.15) is 0 Å². The monoisotopic (exact) mass is 497 g/mol. The summed E-state index contributed by atoms with van der Waals surface area (Å²) in [5.41, 5.74) is -0.515. The Labute approximate surface area is 202 Å². The van der Waals surface area contributed by atoms with E-state index in [0.29, 0.717) is 25.9 Å². The number of carbonyl (C=O) groups excluding carboxylic acids is 2. The lowest BCUT2D eigenvalue weighted by Crippen LogP contribution is -2.49. The molecule has 0 bridgehead atoms. The fourth-order valence-electron chi connectivity index (χ4n) is 3.11. The van der Waals surface area contributed by atoms with Crippen molar-refractivity contribution in [3.05, 3.63) is 11.9 Å². The van der Waals surface area contributed by atoms with Crippen LogP contribution in [0.1, 0.15) is 70.9 Å². The van der Waals surface area contributed by atoms with Crippen molar-refractivity contribution in [3.8, 4) is 0 Å². The highest BCUT2D eigenvalue weighted by Crippen LogP contribution is 2.36. The van der Waals surface area contributed by atoms with Crippen LogP contribution in [-0.2, 0) is 14.0 Å². The molecule has 0 aliphatic carbocycles. The maximum Gasteiger partial charge on any atom is 0.410 e. The summed E-state index contributed by atoms with van der Waals surface area (Å²) in [5.74, 6) is -1.79. The number of amides is 2. The van der Waals surface area contributed by atoms with E-state index < -0.39 is 31.8 Å². The molecule has 1 aromatic heterocycles. The highest BCUT2D eigenvalue weighted by Gasteiger charge is 2.38. The number of aliphatic carboxylic acids is 1. The SMILES string of the molecule is CC(C)(C)OC(=O)N1CCC(n2cc(C(=O)N[C@@H](CO[Si](C)(C)C(C)(C)C)C(=O)O)nn2)CC1. The molecular formula is C22H39N5O6Si. The van der Waals surface area contributed by atoms with E-state index >= 15 is 0 Å². The van der Waals surface area contributed by atoms with E-state index in [0.717, 1.165) is 0 Å². The third-order valence-corrected chi connectivity index (χ3v) is 10.8. The number of ether oxygens (including phenoxy) is 1. The van der Waals surface area contributed by atoms with Gasteiger partial charge in [-0.05, 0) is 51.7 Å². The van der Waals surface area contributed by atoms with Crippen LogP contribution in [0.4, 0.5) is 4.79 Å². The Kier molecular flexibility index (Phi) is 8.51. The number of hydrogen-bond donors (Lipinski definition) is 2. The van der Waals surface area contributed by atoms with Gasteiger partial charge in [0.15, 0.2) is 14.0 Å². The molecule has 0 unspecified atom stereocenters. The summed E-state index contributed by atoms with van der Waals surface area (Å²) in [5, 5.41) is 19.9. The Morgan fingerprint density at radius 1 is 1.18 bits per heavy atom. The van der Waals surface area contributed by atoms with Crippen LogP contribution >= 0.6 is 0 Å². The fraction of sp³-hybridized carbons (Fsp3) is 0.773. The number of carbonyl (C=O) groups is 3. The molecule has 0 radical (unpaired) electrons. The van der Waals surface area contributed by atoms with Crippen LogP contribution in [0.5, 0.6) is 0 Å². The molecule has 1 aromatic rings. The lowest BCUT2D eigenvalue weighted by molar-refractivity contribution is -0.140. The molecule has 1 aliphatic heterocycles. The van der Waals surface area contributed by atoms with Crippen molar-refractivity contribution in [2.75, 3.05) is 19.7 Å². The first-order valence-corrected chi connectivity index (χ1v) is 14.5. The molecule has 2 amide bonds. The highest BCUT2D eigenvalue weighted by molar-refractivity contribution is 6.74. The largest absolute Gasteiger partial charge is 0.480 e. The van der Waals surface area contributed by atoms with Crippen molar-refractivity contribution in [2.45, 2.75) is 90.2 Å². The normalized spacial score (nSPS) is 16.8. The quantitative estimate of drug-likeness (QED) is 0.549. The lowest BCUT2D eigenvalue weighted by Gasteiger charge is -2.36. The van der Waals surface area contributed by atoms with Gasteiger partial charge in [0, 0.05) is 13.1 Å². The molecule has 2 rings (SSSR count). The number of hydrogen-bond acceptors (Lipinski definition) is 7. The Bertz CT molecular complexity index is 881. The second kappa shape index (κ2) is 10.4. The zero-order chi connectivity index (χ0) is 25.9. The van der Waals surface area contributed by atoms with Gasteiger partial charge in [-0.3, -0.25) is 4.79 Å². The molecule has 1 atom stereocenters. The summed E-state index contributed by atoms with van der Waals surface area (Å²) in [7, 11) is -2.17. The molecule has 2 N–H and O–H groups in total. The Morgan fingerprint density at radius 2 is 1.76 bits per heavy atom. The molecule has 12 heteroatoms. The van der Waals surface area contributed by atoms with Gasteiger partial charge in [0.25, 0.3) is 5.91 Å². The first kappa shape index (κ1) is 27.8. The lowest BCUT2D eigenvalue weighted by atomic mass is 10.1. The third-order valence-electron chi connectivity index (χ3n) is 6.25. The first-order valence-electron chi connectivity index (χ1n) is 11.6. The van der Waals surface area contributed by atoms with Crippen molar-refractivity contribution >= 4 is 26.3 Å². The van der Waals surface area contributed by atoms with Crippen LogP contribution in [0.25, 0.3) is 0 Å². The molecule has 34 heavy (non-hydrogen) atoms. The van der Waals surface area contributed by atoms with E-state index in [9.17, 15) is 19.5 Å². The molecule has 2 heterocycles. The number of rotatable bonds is 7. The van der Waals surface area contributed by atoms with Crippen LogP contribution in [0.2, 0.25) is 18.1 Å². The molecule has 1 fully saturated rings. The summed E-state index contributed by atoms with van der Waals surface area (Å²) in [6, 6.07) is -1.21. The van der Waals surface area contributed by atoms with Gasteiger partial charge in [-0.25, -0.2) is 14.3 Å². The van der Waals surface area contributed by atoms with Gasteiger partial charge in [-0.1, -0.05) is 26.0 Å². The number of piperidine rings is 1. The van der Waals surface area contributed by atoms with E-state index in [2.05, 4.69) is 36.4 Å². The highest BCUT2D eigenvalue weighted by atomic mass is 28.4. The molecule has 0 saturated carbocycles. The molecule has 11 nitrogen and oxygen atoms in total. The van der Waals surface area contributed by atoms with Gasteiger partial charge >= 0.3 is 12.1 Å². The Morgan fingerprint density at radius 3 is 2.26 bits per heavy atom. The average molecular weight is 498 g/mol. The van der Waals surface area contributed by atoms with Gasteiger partial charge in [0.2, 0.25) is 0 Å².